The van der Waals surface area contributed by atoms with Crippen molar-refractivity contribution >= 4 is 16.9 Å². The van der Waals surface area contributed by atoms with Crippen LogP contribution in [0.15, 0.2) is 45.6 Å². The van der Waals surface area contributed by atoms with Crippen LogP contribution in [0.25, 0.3) is 11.0 Å². The second kappa shape index (κ2) is 7.38. The molecule has 1 aromatic heterocycles. The Morgan fingerprint density at radius 1 is 1.00 bits per heavy atom. The van der Waals surface area contributed by atoms with E-state index < -0.39 is 11.6 Å². The maximum atomic E-state index is 12.5. The number of carbonyl (C=O) groups is 1. The van der Waals surface area contributed by atoms with Crippen LogP contribution in [0.1, 0.15) is 33.5 Å². The van der Waals surface area contributed by atoms with Crippen LogP contribution in [-0.4, -0.2) is 20.2 Å². The molecule has 0 spiro atoms. The van der Waals surface area contributed by atoms with Crippen molar-refractivity contribution in [2.75, 3.05) is 14.2 Å². The number of carbonyl (C=O) groups excluding carboxylic acids is 1. The lowest BCUT2D eigenvalue weighted by atomic mass is 10.0. The summed E-state index contributed by atoms with van der Waals surface area (Å²) >= 11 is 0. The van der Waals surface area contributed by atoms with E-state index in [0.29, 0.717) is 28.2 Å². The summed E-state index contributed by atoms with van der Waals surface area (Å²) in [7, 11) is 3.03. The zero-order valence-corrected chi connectivity index (χ0v) is 15.7. The van der Waals surface area contributed by atoms with Crippen LogP contribution in [0, 0.1) is 0 Å². The van der Waals surface area contributed by atoms with Crippen molar-refractivity contribution in [2.24, 2.45) is 0 Å². The molecule has 0 saturated carbocycles. The van der Waals surface area contributed by atoms with E-state index in [0.717, 1.165) is 24.6 Å². The second-order valence-electron chi connectivity index (χ2n) is 6.71. The van der Waals surface area contributed by atoms with Crippen LogP contribution < -0.4 is 15.1 Å². The number of benzene rings is 2. The molecule has 144 valence electrons. The molecule has 0 bridgehead atoms. The normalized spacial score (nSPS) is 12.6. The van der Waals surface area contributed by atoms with Crippen molar-refractivity contribution in [1.29, 1.82) is 0 Å². The highest BCUT2D eigenvalue weighted by Gasteiger charge is 2.17. The maximum absolute atomic E-state index is 12.5. The van der Waals surface area contributed by atoms with Gasteiger partial charge in [0.25, 0.3) is 0 Å². The number of rotatable bonds is 5. The Balaban J connectivity index is 1.60. The average molecular weight is 380 g/mol. The molecule has 0 N–H and O–H groups in total. The summed E-state index contributed by atoms with van der Waals surface area (Å²) in [5.74, 6) is 0.460. The van der Waals surface area contributed by atoms with Crippen LogP contribution in [0.4, 0.5) is 0 Å². The molecule has 0 fully saturated rings. The van der Waals surface area contributed by atoms with E-state index in [1.54, 1.807) is 18.2 Å². The summed E-state index contributed by atoms with van der Waals surface area (Å²) in [5, 5.41) is 0.806. The van der Waals surface area contributed by atoms with Gasteiger partial charge in [-0.2, -0.15) is 0 Å². The van der Waals surface area contributed by atoms with Gasteiger partial charge in [-0.15, -0.1) is 0 Å². The minimum Gasteiger partial charge on any atom is -0.493 e. The lowest BCUT2D eigenvalue weighted by Gasteiger charge is -2.11. The summed E-state index contributed by atoms with van der Waals surface area (Å²) in [6.45, 7) is -0.0198. The third kappa shape index (κ3) is 3.33. The third-order valence-corrected chi connectivity index (χ3v) is 5.02. The lowest BCUT2D eigenvalue weighted by molar-refractivity contribution is 0.0473. The molecule has 6 heteroatoms. The molecule has 6 nitrogen and oxygen atoms in total. The highest BCUT2D eigenvalue weighted by atomic mass is 16.5. The van der Waals surface area contributed by atoms with E-state index in [2.05, 4.69) is 0 Å². The molecular formula is C22H20O6. The summed E-state index contributed by atoms with van der Waals surface area (Å²) in [5.41, 5.74) is 3.53. The first kappa shape index (κ1) is 18.1. The first-order valence-corrected chi connectivity index (χ1v) is 9.06. The summed E-state index contributed by atoms with van der Waals surface area (Å²) in [4.78, 5) is 24.4. The highest BCUT2D eigenvalue weighted by molar-refractivity contribution is 5.90. The monoisotopic (exact) mass is 380 g/mol. The van der Waals surface area contributed by atoms with Crippen molar-refractivity contribution in [3.63, 3.8) is 0 Å². The van der Waals surface area contributed by atoms with Gasteiger partial charge in [0.15, 0.2) is 11.5 Å². The van der Waals surface area contributed by atoms with Gasteiger partial charge >= 0.3 is 11.6 Å². The van der Waals surface area contributed by atoms with Gasteiger partial charge in [0.05, 0.1) is 19.8 Å². The van der Waals surface area contributed by atoms with Gasteiger partial charge in [-0.05, 0) is 60.7 Å². The van der Waals surface area contributed by atoms with Crippen molar-refractivity contribution < 1.29 is 23.4 Å². The fourth-order valence-electron chi connectivity index (χ4n) is 3.60. The Morgan fingerprint density at radius 2 is 1.75 bits per heavy atom. The number of hydrogen-bond acceptors (Lipinski definition) is 6. The standard InChI is InChI=1S/C22H20O6/c1-25-18-7-6-15(10-20(18)26-2)22(24)27-12-16-11-21(23)28-19-9-14-5-3-4-13(14)8-17(16)19/h6-11H,3-5,12H2,1-2H3. The number of fused-ring (bicyclic) bond motifs is 2. The Kier molecular flexibility index (Phi) is 4.77. The second-order valence-corrected chi connectivity index (χ2v) is 6.71. The Hall–Kier alpha value is -3.28. The first-order chi connectivity index (χ1) is 13.6. The van der Waals surface area contributed by atoms with Crippen LogP contribution in [0.5, 0.6) is 11.5 Å². The molecule has 0 unspecified atom stereocenters. The Labute approximate surface area is 161 Å². The zero-order valence-electron chi connectivity index (χ0n) is 15.7. The van der Waals surface area contributed by atoms with Crippen LogP contribution in [0.2, 0.25) is 0 Å². The molecule has 4 rings (SSSR count). The summed E-state index contributed by atoms with van der Waals surface area (Å²) in [6.07, 6.45) is 3.10. The van der Waals surface area contributed by atoms with Gasteiger partial charge in [-0.25, -0.2) is 9.59 Å². The van der Waals surface area contributed by atoms with E-state index in [9.17, 15) is 9.59 Å². The molecule has 0 saturated heterocycles. The van der Waals surface area contributed by atoms with Crippen molar-refractivity contribution in [3.8, 4) is 11.5 Å². The van der Waals surface area contributed by atoms with Gasteiger partial charge < -0.3 is 18.6 Å². The SMILES string of the molecule is COc1ccc(C(=O)OCc2cc(=O)oc3cc4c(cc23)CCC4)cc1OC. The van der Waals surface area contributed by atoms with E-state index in [4.69, 9.17) is 18.6 Å². The number of methoxy groups -OCH3 is 2. The molecule has 1 heterocycles. The third-order valence-electron chi connectivity index (χ3n) is 5.02. The Morgan fingerprint density at radius 3 is 2.50 bits per heavy atom. The molecular weight excluding hydrogens is 360 g/mol. The average Bonchev–Trinajstić information content (AvgIpc) is 3.16. The molecule has 0 radical (unpaired) electrons. The van der Waals surface area contributed by atoms with Crippen LogP contribution in [-0.2, 0) is 24.2 Å². The van der Waals surface area contributed by atoms with Crippen LogP contribution in [0.3, 0.4) is 0 Å². The smallest absolute Gasteiger partial charge is 0.338 e. The molecule has 2 aromatic carbocycles. The van der Waals surface area contributed by atoms with E-state index in [1.165, 1.54) is 31.4 Å². The molecule has 1 aliphatic carbocycles. The Bertz CT molecular complexity index is 1110. The van der Waals surface area contributed by atoms with E-state index in [-0.39, 0.29) is 6.61 Å². The molecule has 28 heavy (non-hydrogen) atoms. The number of ether oxygens (including phenoxy) is 3. The van der Waals surface area contributed by atoms with Crippen molar-refractivity contribution in [2.45, 2.75) is 25.9 Å². The summed E-state index contributed by atoms with van der Waals surface area (Å²) < 4.78 is 21.2. The fourth-order valence-corrected chi connectivity index (χ4v) is 3.60. The predicted octanol–water partition coefficient (Wildman–Crippen LogP) is 3.66. The lowest BCUT2D eigenvalue weighted by Crippen LogP contribution is -2.08. The van der Waals surface area contributed by atoms with Gasteiger partial charge in [0.2, 0.25) is 0 Å². The number of hydrogen-bond donors (Lipinski definition) is 0. The van der Waals surface area contributed by atoms with Gasteiger partial charge in [0, 0.05) is 17.0 Å². The molecule has 0 aliphatic heterocycles. The minimum atomic E-state index is -0.511. The highest BCUT2D eigenvalue weighted by Crippen LogP contribution is 2.30. The van der Waals surface area contributed by atoms with E-state index >= 15 is 0 Å². The minimum absolute atomic E-state index is 0.0198. The molecule has 1 aliphatic rings. The molecule has 0 atom stereocenters. The van der Waals surface area contributed by atoms with E-state index in [1.807, 2.05) is 12.1 Å². The largest absolute Gasteiger partial charge is 0.493 e. The van der Waals surface area contributed by atoms with Gasteiger partial charge in [-0.1, -0.05) is 0 Å². The number of aryl methyl sites for hydroxylation is 2. The van der Waals surface area contributed by atoms with Gasteiger partial charge in [0.1, 0.15) is 12.2 Å². The van der Waals surface area contributed by atoms with Crippen LogP contribution >= 0.6 is 0 Å². The quantitative estimate of drug-likeness (QED) is 0.497. The van der Waals surface area contributed by atoms with Crippen molar-refractivity contribution in [3.05, 3.63) is 69.1 Å². The summed E-state index contributed by atoms with van der Waals surface area (Å²) in [6, 6.07) is 10.2. The zero-order chi connectivity index (χ0) is 19.7. The molecule has 0 amide bonds. The maximum Gasteiger partial charge on any atom is 0.338 e. The number of esters is 1. The van der Waals surface area contributed by atoms with Crippen molar-refractivity contribution in [1.82, 2.24) is 0 Å². The molecule has 3 aromatic rings. The van der Waals surface area contributed by atoms with Gasteiger partial charge in [-0.3, -0.25) is 0 Å². The first-order valence-electron chi connectivity index (χ1n) is 9.06. The topological polar surface area (TPSA) is 75.0 Å². The fraction of sp³-hybridized carbons (Fsp3) is 0.273. The predicted molar refractivity (Wildman–Crippen MR) is 103 cm³/mol.